The molecule has 0 amide bonds. The summed E-state index contributed by atoms with van der Waals surface area (Å²) in [5.41, 5.74) is 14.6. The third kappa shape index (κ3) is 4.69. The van der Waals surface area contributed by atoms with Crippen LogP contribution in [0.15, 0.2) is 151 Å². The first-order chi connectivity index (χ1) is 21.7. The van der Waals surface area contributed by atoms with Crippen LogP contribution in [0.3, 0.4) is 0 Å². The summed E-state index contributed by atoms with van der Waals surface area (Å²) >= 11 is 0. The highest BCUT2D eigenvalue weighted by Gasteiger charge is 2.22. The maximum atomic E-state index is 5.20. The van der Waals surface area contributed by atoms with Gasteiger partial charge in [0.2, 0.25) is 0 Å². The molecule has 1 aromatic heterocycles. The molecule has 1 heterocycles. The van der Waals surface area contributed by atoms with Crippen LogP contribution in [0.5, 0.6) is 0 Å². The largest absolute Gasteiger partial charge is 0.252 e. The molecule has 3 heteroatoms. The quantitative estimate of drug-likeness (QED) is 0.214. The monoisotopic (exact) mass is 563 g/mol. The molecule has 0 saturated heterocycles. The average Bonchev–Trinajstić information content (AvgIpc) is 3.09. The first-order valence-corrected chi connectivity index (χ1v) is 15.0. The highest BCUT2D eigenvalue weighted by atomic mass is 14.9. The molecule has 0 radical (unpaired) electrons. The molecule has 0 spiro atoms. The number of benzene rings is 6. The van der Waals surface area contributed by atoms with Gasteiger partial charge in [-0.25, -0.2) is 9.97 Å². The van der Waals surface area contributed by atoms with Gasteiger partial charge in [0, 0.05) is 28.5 Å². The summed E-state index contributed by atoms with van der Waals surface area (Å²) in [5, 5.41) is 1.05. The van der Waals surface area contributed by atoms with Crippen LogP contribution in [-0.2, 0) is 6.42 Å². The van der Waals surface area contributed by atoms with E-state index in [2.05, 4.69) is 134 Å². The second kappa shape index (κ2) is 10.9. The standard InChI is InChI=1S/C41H29N3/c1-27-11-5-9-17-37(27)42-39-26-32-14-6-7-15-33(32)34-24-23-31(25-36(34)39)28-19-21-30(22-20-28)41-43-38-18-10-8-16-35(38)40(44-41)29-12-3-2-4-13-29/h2-25H,26H2,1H3/b42-39+. The van der Waals surface area contributed by atoms with Gasteiger partial charge in [-0.15, -0.1) is 0 Å². The molecule has 6 aromatic carbocycles. The minimum atomic E-state index is 0.726. The molecule has 44 heavy (non-hydrogen) atoms. The average molecular weight is 564 g/mol. The molecular weight excluding hydrogens is 534 g/mol. The van der Waals surface area contributed by atoms with Crippen molar-refractivity contribution < 1.29 is 0 Å². The van der Waals surface area contributed by atoms with Crippen LogP contribution in [0.25, 0.3) is 55.8 Å². The molecule has 3 nitrogen and oxygen atoms in total. The molecule has 1 aliphatic carbocycles. The van der Waals surface area contributed by atoms with Crippen molar-refractivity contribution in [3.63, 3.8) is 0 Å². The fourth-order valence-electron chi connectivity index (χ4n) is 6.18. The Bertz CT molecular complexity index is 2200. The van der Waals surface area contributed by atoms with Gasteiger partial charge >= 0.3 is 0 Å². The van der Waals surface area contributed by atoms with E-state index in [9.17, 15) is 0 Å². The molecule has 7 aromatic rings. The molecule has 0 fully saturated rings. The third-order valence-corrected chi connectivity index (χ3v) is 8.49. The molecule has 208 valence electrons. The molecule has 8 rings (SSSR count). The number of hydrogen-bond donors (Lipinski definition) is 0. The van der Waals surface area contributed by atoms with Gasteiger partial charge in [-0.1, -0.05) is 127 Å². The van der Waals surface area contributed by atoms with Crippen LogP contribution < -0.4 is 0 Å². The van der Waals surface area contributed by atoms with Crippen molar-refractivity contribution in [1.82, 2.24) is 9.97 Å². The topological polar surface area (TPSA) is 38.1 Å². The predicted octanol–water partition coefficient (Wildman–Crippen LogP) is 10.3. The fraction of sp³-hybridized carbons (Fsp3) is 0.0488. The van der Waals surface area contributed by atoms with Crippen LogP contribution >= 0.6 is 0 Å². The zero-order valence-corrected chi connectivity index (χ0v) is 24.4. The Kier molecular flexibility index (Phi) is 6.42. The van der Waals surface area contributed by atoms with Crippen molar-refractivity contribution in [2.75, 3.05) is 0 Å². The molecule has 0 N–H and O–H groups in total. The molecule has 0 atom stereocenters. The van der Waals surface area contributed by atoms with E-state index in [0.717, 1.165) is 62.5 Å². The summed E-state index contributed by atoms with van der Waals surface area (Å²) in [6.45, 7) is 2.12. The molecule has 0 aliphatic heterocycles. The number of nitrogens with zero attached hydrogens (tertiary/aromatic N) is 3. The zero-order chi connectivity index (χ0) is 29.5. The number of hydrogen-bond acceptors (Lipinski definition) is 3. The maximum absolute atomic E-state index is 5.20. The highest BCUT2D eigenvalue weighted by Crippen LogP contribution is 2.38. The Morgan fingerprint density at radius 3 is 2.09 bits per heavy atom. The second-order valence-corrected chi connectivity index (χ2v) is 11.3. The number of aromatic nitrogens is 2. The number of para-hydroxylation sites is 2. The molecule has 0 saturated carbocycles. The van der Waals surface area contributed by atoms with E-state index in [1.54, 1.807) is 0 Å². The van der Waals surface area contributed by atoms with Crippen molar-refractivity contribution in [2.45, 2.75) is 13.3 Å². The van der Waals surface area contributed by atoms with E-state index in [-0.39, 0.29) is 0 Å². The lowest BCUT2D eigenvalue weighted by molar-refractivity contribution is 1.23. The Morgan fingerprint density at radius 1 is 0.523 bits per heavy atom. The Morgan fingerprint density at radius 2 is 1.23 bits per heavy atom. The van der Waals surface area contributed by atoms with Crippen molar-refractivity contribution in [2.24, 2.45) is 4.99 Å². The van der Waals surface area contributed by atoms with Gasteiger partial charge < -0.3 is 0 Å². The van der Waals surface area contributed by atoms with Gasteiger partial charge in [-0.05, 0) is 58.5 Å². The van der Waals surface area contributed by atoms with E-state index in [4.69, 9.17) is 15.0 Å². The van der Waals surface area contributed by atoms with Crippen LogP contribution in [0.4, 0.5) is 5.69 Å². The number of aryl methyl sites for hydroxylation is 1. The van der Waals surface area contributed by atoms with Crippen LogP contribution in [0.1, 0.15) is 16.7 Å². The third-order valence-electron chi connectivity index (χ3n) is 8.49. The maximum Gasteiger partial charge on any atom is 0.160 e. The van der Waals surface area contributed by atoms with Crippen LogP contribution in [0, 0.1) is 6.92 Å². The first-order valence-electron chi connectivity index (χ1n) is 15.0. The van der Waals surface area contributed by atoms with E-state index in [1.165, 1.54) is 27.8 Å². The van der Waals surface area contributed by atoms with E-state index in [0.29, 0.717) is 0 Å². The van der Waals surface area contributed by atoms with Crippen molar-refractivity contribution in [3.05, 3.63) is 162 Å². The predicted molar refractivity (Wildman–Crippen MR) is 182 cm³/mol. The zero-order valence-electron chi connectivity index (χ0n) is 24.4. The summed E-state index contributed by atoms with van der Waals surface area (Å²) in [4.78, 5) is 15.2. The summed E-state index contributed by atoms with van der Waals surface area (Å²) in [7, 11) is 0. The lowest BCUT2D eigenvalue weighted by atomic mass is 9.82. The minimum Gasteiger partial charge on any atom is -0.252 e. The molecular formula is C41H29N3. The summed E-state index contributed by atoms with van der Waals surface area (Å²) in [5.74, 6) is 0.726. The van der Waals surface area contributed by atoms with Crippen molar-refractivity contribution in [1.29, 1.82) is 0 Å². The fourth-order valence-corrected chi connectivity index (χ4v) is 6.18. The van der Waals surface area contributed by atoms with Gasteiger partial charge in [0.25, 0.3) is 0 Å². The Balaban J connectivity index is 1.20. The van der Waals surface area contributed by atoms with Gasteiger partial charge in [0.05, 0.1) is 22.6 Å². The van der Waals surface area contributed by atoms with Gasteiger partial charge in [-0.3, -0.25) is 4.99 Å². The normalized spacial score (nSPS) is 13.1. The van der Waals surface area contributed by atoms with Gasteiger partial charge in [0.15, 0.2) is 5.82 Å². The van der Waals surface area contributed by atoms with Crippen LogP contribution in [-0.4, -0.2) is 15.7 Å². The van der Waals surface area contributed by atoms with Gasteiger partial charge in [-0.2, -0.15) is 0 Å². The summed E-state index contributed by atoms with van der Waals surface area (Å²) in [6.07, 6.45) is 0.808. The second-order valence-electron chi connectivity index (χ2n) is 11.3. The van der Waals surface area contributed by atoms with E-state index < -0.39 is 0 Å². The number of fused-ring (bicyclic) bond motifs is 4. The van der Waals surface area contributed by atoms with Crippen molar-refractivity contribution >= 4 is 22.3 Å². The molecule has 0 unspecified atom stereocenters. The first kappa shape index (κ1) is 26.0. The number of aliphatic imine (C=N–C) groups is 1. The smallest absolute Gasteiger partial charge is 0.160 e. The molecule has 0 bridgehead atoms. The SMILES string of the molecule is Cc1ccccc1/N=C1\Cc2ccccc2-c2ccc(-c3ccc(-c4nc(-c5ccccc5)c5ccccc5n4)cc3)cc21. The lowest BCUT2D eigenvalue weighted by Crippen LogP contribution is -2.13. The summed E-state index contributed by atoms with van der Waals surface area (Å²) < 4.78 is 0. The van der Waals surface area contributed by atoms with Crippen LogP contribution in [0.2, 0.25) is 0 Å². The van der Waals surface area contributed by atoms with E-state index in [1.807, 2.05) is 18.2 Å². The van der Waals surface area contributed by atoms with E-state index >= 15 is 0 Å². The van der Waals surface area contributed by atoms with Crippen molar-refractivity contribution in [3.8, 4) is 44.9 Å². The number of rotatable bonds is 4. The van der Waals surface area contributed by atoms with Gasteiger partial charge in [0.1, 0.15) is 0 Å². The highest BCUT2D eigenvalue weighted by molar-refractivity contribution is 6.12. The lowest BCUT2D eigenvalue weighted by Gasteiger charge is -2.23. The molecule has 1 aliphatic rings. The summed E-state index contributed by atoms with van der Waals surface area (Å²) in [6, 6.07) is 51.0. The Labute approximate surface area is 257 Å². The minimum absolute atomic E-state index is 0.726. The Hall–Kier alpha value is -5.67.